The molecule has 0 saturated heterocycles. The minimum atomic E-state index is -1.07. The van der Waals surface area contributed by atoms with Crippen molar-refractivity contribution in [3.05, 3.63) is 0 Å². The Morgan fingerprint density at radius 3 is 2.67 bits per heavy atom. The van der Waals surface area contributed by atoms with E-state index in [9.17, 15) is 4.79 Å². The maximum atomic E-state index is 10.4. The molecule has 54 valence electrons. The van der Waals surface area contributed by atoms with Crippen LogP contribution in [-0.4, -0.2) is 24.6 Å². The van der Waals surface area contributed by atoms with Gasteiger partial charge in [0.05, 0.1) is 0 Å². The Labute approximate surface area is 58.1 Å². The van der Waals surface area contributed by atoms with Gasteiger partial charge in [-0.25, -0.2) is 4.79 Å². The summed E-state index contributed by atoms with van der Waals surface area (Å²) in [5.74, 6) is -0.637. The standard InChI is InChI=1S/C4H9ClN2O2/c5-3(7)4(8)9-2-1-6/h3H,1-2,6-7H2. The molecule has 0 heterocycles. The van der Waals surface area contributed by atoms with Crippen molar-refractivity contribution in [3.8, 4) is 0 Å². The van der Waals surface area contributed by atoms with Crippen LogP contribution >= 0.6 is 11.6 Å². The van der Waals surface area contributed by atoms with E-state index in [-0.39, 0.29) is 13.2 Å². The van der Waals surface area contributed by atoms with Crippen molar-refractivity contribution in [2.45, 2.75) is 5.50 Å². The van der Waals surface area contributed by atoms with Crippen LogP contribution in [0.3, 0.4) is 0 Å². The average molecular weight is 153 g/mol. The van der Waals surface area contributed by atoms with Gasteiger partial charge in [-0.15, -0.1) is 0 Å². The zero-order valence-corrected chi connectivity index (χ0v) is 5.60. The van der Waals surface area contributed by atoms with Gasteiger partial charge in [-0.05, 0) is 0 Å². The van der Waals surface area contributed by atoms with E-state index in [1.807, 2.05) is 0 Å². The van der Waals surface area contributed by atoms with Crippen molar-refractivity contribution in [2.24, 2.45) is 11.5 Å². The molecule has 0 saturated carbocycles. The van der Waals surface area contributed by atoms with Crippen LogP contribution in [0.25, 0.3) is 0 Å². The second kappa shape index (κ2) is 4.55. The molecule has 0 spiro atoms. The molecule has 0 fully saturated rings. The lowest BCUT2D eigenvalue weighted by Crippen LogP contribution is -2.28. The topological polar surface area (TPSA) is 78.3 Å². The minimum absolute atomic E-state index is 0.166. The number of ether oxygens (including phenoxy) is 1. The Morgan fingerprint density at radius 1 is 1.78 bits per heavy atom. The predicted molar refractivity (Wildman–Crippen MR) is 33.8 cm³/mol. The number of hydrogen-bond donors (Lipinski definition) is 2. The van der Waals surface area contributed by atoms with E-state index in [0.717, 1.165) is 0 Å². The van der Waals surface area contributed by atoms with Crippen LogP contribution < -0.4 is 11.5 Å². The average Bonchev–Trinajstić information content (AvgIpc) is 1.82. The Hall–Kier alpha value is -0.320. The Balaban J connectivity index is 3.28. The lowest BCUT2D eigenvalue weighted by atomic mass is 10.6. The van der Waals surface area contributed by atoms with Gasteiger partial charge < -0.3 is 16.2 Å². The first-order valence-electron chi connectivity index (χ1n) is 2.45. The molecule has 4 nitrogen and oxygen atoms in total. The molecule has 0 aliphatic heterocycles. The number of hydrogen-bond acceptors (Lipinski definition) is 4. The minimum Gasteiger partial charge on any atom is -0.462 e. The van der Waals surface area contributed by atoms with Crippen LogP contribution in [0.4, 0.5) is 0 Å². The fourth-order valence-corrected chi connectivity index (χ4v) is 0.302. The predicted octanol–water partition coefficient (Wildman–Crippen LogP) is -0.988. The van der Waals surface area contributed by atoms with E-state index in [4.69, 9.17) is 23.1 Å². The van der Waals surface area contributed by atoms with Crippen LogP contribution in [-0.2, 0) is 9.53 Å². The summed E-state index contributed by atoms with van der Waals surface area (Å²) in [6.07, 6.45) is 0. The largest absolute Gasteiger partial charge is 0.462 e. The molecule has 1 unspecified atom stereocenters. The second-order valence-electron chi connectivity index (χ2n) is 1.36. The number of carbonyl (C=O) groups excluding carboxylic acids is 1. The Morgan fingerprint density at radius 2 is 2.33 bits per heavy atom. The Kier molecular flexibility index (Phi) is 4.39. The van der Waals surface area contributed by atoms with Crippen molar-refractivity contribution >= 4 is 17.6 Å². The highest BCUT2D eigenvalue weighted by molar-refractivity contribution is 6.29. The first-order valence-corrected chi connectivity index (χ1v) is 2.88. The van der Waals surface area contributed by atoms with Gasteiger partial charge in [0.2, 0.25) is 0 Å². The normalized spacial score (nSPS) is 12.8. The SMILES string of the molecule is NCCOC(=O)C(N)Cl. The molecule has 0 aliphatic carbocycles. The maximum Gasteiger partial charge on any atom is 0.338 e. The summed E-state index contributed by atoms with van der Waals surface area (Å²) in [6, 6.07) is 0. The first kappa shape index (κ1) is 8.68. The smallest absolute Gasteiger partial charge is 0.338 e. The zero-order chi connectivity index (χ0) is 7.28. The molecule has 0 aromatic carbocycles. The number of nitrogens with two attached hydrogens (primary N) is 2. The highest BCUT2D eigenvalue weighted by atomic mass is 35.5. The van der Waals surface area contributed by atoms with Crippen LogP contribution in [0.2, 0.25) is 0 Å². The molecule has 0 aromatic heterocycles. The zero-order valence-electron chi connectivity index (χ0n) is 4.84. The van der Waals surface area contributed by atoms with E-state index < -0.39 is 11.5 Å². The second-order valence-corrected chi connectivity index (χ2v) is 1.83. The fourth-order valence-electron chi connectivity index (χ4n) is 0.239. The molecule has 4 N–H and O–H groups in total. The summed E-state index contributed by atoms with van der Waals surface area (Å²) in [5, 5.41) is 0. The lowest BCUT2D eigenvalue weighted by molar-refractivity contribution is -0.142. The summed E-state index contributed by atoms with van der Waals surface area (Å²) in [6.45, 7) is 0.453. The summed E-state index contributed by atoms with van der Waals surface area (Å²) >= 11 is 5.13. The number of rotatable bonds is 3. The third-order valence-electron chi connectivity index (χ3n) is 0.587. The molecule has 0 radical (unpaired) electrons. The third kappa shape index (κ3) is 4.20. The number of alkyl halides is 1. The highest BCUT2D eigenvalue weighted by Gasteiger charge is 2.08. The first-order chi connectivity index (χ1) is 4.18. The van der Waals surface area contributed by atoms with Gasteiger partial charge in [-0.2, -0.15) is 0 Å². The molecule has 0 bridgehead atoms. The van der Waals surface area contributed by atoms with Crippen molar-refractivity contribution in [1.29, 1.82) is 0 Å². The molecule has 0 aliphatic rings. The van der Waals surface area contributed by atoms with Crippen LogP contribution in [0, 0.1) is 0 Å². The van der Waals surface area contributed by atoms with Gasteiger partial charge in [0.25, 0.3) is 0 Å². The number of carbonyl (C=O) groups is 1. The van der Waals surface area contributed by atoms with Crippen molar-refractivity contribution in [3.63, 3.8) is 0 Å². The Bertz CT molecular complexity index is 96.6. The number of esters is 1. The molecule has 1 atom stereocenters. The van der Waals surface area contributed by atoms with Crippen LogP contribution in [0.15, 0.2) is 0 Å². The van der Waals surface area contributed by atoms with Crippen molar-refractivity contribution < 1.29 is 9.53 Å². The van der Waals surface area contributed by atoms with Crippen molar-refractivity contribution in [2.75, 3.05) is 13.2 Å². The van der Waals surface area contributed by atoms with E-state index in [0.29, 0.717) is 0 Å². The summed E-state index contributed by atoms with van der Waals surface area (Å²) in [7, 11) is 0. The van der Waals surface area contributed by atoms with E-state index in [1.54, 1.807) is 0 Å². The van der Waals surface area contributed by atoms with E-state index in [2.05, 4.69) is 4.74 Å². The number of halogens is 1. The van der Waals surface area contributed by atoms with Gasteiger partial charge in [0.1, 0.15) is 6.61 Å². The quantitative estimate of drug-likeness (QED) is 0.309. The maximum absolute atomic E-state index is 10.4. The van der Waals surface area contributed by atoms with Crippen LogP contribution in [0.5, 0.6) is 0 Å². The molecule has 0 aromatic rings. The summed E-state index contributed by atoms with van der Waals surface area (Å²) in [4.78, 5) is 10.4. The van der Waals surface area contributed by atoms with Gasteiger partial charge in [0, 0.05) is 6.54 Å². The fraction of sp³-hybridized carbons (Fsp3) is 0.750. The van der Waals surface area contributed by atoms with Crippen LogP contribution in [0.1, 0.15) is 0 Å². The van der Waals surface area contributed by atoms with E-state index in [1.165, 1.54) is 0 Å². The lowest BCUT2D eigenvalue weighted by Gasteiger charge is -2.02. The van der Waals surface area contributed by atoms with Crippen molar-refractivity contribution in [1.82, 2.24) is 0 Å². The van der Waals surface area contributed by atoms with Gasteiger partial charge in [-0.3, -0.25) is 0 Å². The molecule has 9 heavy (non-hydrogen) atoms. The molecule has 0 amide bonds. The highest BCUT2D eigenvalue weighted by Crippen LogP contribution is 1.88. The van der Waals surface area contributed by atoms with Gasteiger partial charge >= 0.3 is 5.97 Å². The third-order valence-corrected chi connectivity index (χ3v) is 0.766. The van der Waals surface area contributed by atoms with Gasteiger partial charge in [-0.1, -0.05) is 11.6 Å². The molecular weight excluding hydrogens is 144 g/mol. The molecule has 5 heteroatoms. The van der Waals surface area contributed by atoms with E-state index >= 15 is 0 Å². The monoisotopic (exact) mass is 152 g/mol. The summed E-state index contributed by atoms with van der Waals surface area (Å²) in [5.41, 5.74) is 8.87. The molecular formula is C4H9ClN2O2. The summed E-state index contributed by atoms with van der Waals surface area (Å²) < 4.78 is 4.43. The molecule has 0 rings (SSSR count). The van der Waals surface area contributed by atoms with Gasteiger partial charge in [0.15, 0.2) is 5.50 Å².